The van der Waals surface area contributed by atoms with Crippen molar-refractivity contribution in [3.8, 4) is 11.1 Å². The van der Waals surface area contributed by atoms with Gasteiger partial charge in [-0.15, -0.1) is 0 Å². The number of furan rings is 1. The van der Waals surface area contributed by atoms with E-state index in [2.05, 4.69) is 82.7 Å². The van der Waals surface area contributed by atoms with E-state index in [1.165, 1.54) is 21.9 Å². The van der Waals surface area contributed by atoms with Crippen LogP contribution in [0, 0.1) is 0 Å². The first-order chi connectivity index (χ1) is 11.8. The molecule has 0 unspecified atom stereocenters. The molecule has 0 spiro atoms. The second-order valence-electron chi connectivity index (χ2n) is 5.95. The average Bonchev–Trinajstić information content (AvgIpc) is 3.00. The summed E-state index contributed by atoms with van der Waals surface area (Å²) in [6.07, 6.45) is 0. The lowest BCUT2D eigenvalue weighted by Crippen LogP contribution is -1.82. The molecule has 0 aliphatic carbocycles. The molecule has 114 valence electrons. The van der Waals surface area contributed by atoms with Gasteiger partial charge in [0.25, 0.3) is 0 Å². The third kappa shape index (κ3) is 2.00. The van der Waals surface area contributed by atoms with Crippen LogP contribution in [-0.4, -0.2) is 0 Å². The highest BCUT2D eigenvalue weighted by molar-refractivity contribution is 9.10. The maximum atomic E-state index is 5.94. The highest BCUT2D eigenvalue weighted by Crippen LogP contribution is 2.36. The zero-order chi connectivity index (χ0) is 16.1. The molecule has 5 aromatic rings. The molecule has 0 N–H and O–H groups in total. The van der Waals surface area contributed by atoms with Gasteiger partial charge in [0.2, 0.25) is 0 Å². The maximum absolute atomic E-state index is 5.94. The molecule has 0 aliphatic heterocycles. The van der Waals surface area contributed by atoms with Gasteiger partial charge in [0.15, 0.2) is 0 Å². The summed E-state index contributed by atoms with van der Waals surface area (Å²) in [7, 11) is 0. The Morgan fingerprint density at radius 2 is 1.29 bits per heavy atom. The fourth-order valence-electron chi connectivity index (χ4n) is 3.41. The standard InChI is InChI=1S/C22H13BrO/c23-20-11-10-15(16-5-1-2-6-17(16)20)14-9-12-22-19(13-14)18-7-3-4-8-21(18)24-22/h1-13H. The van der Waals surface area contributed by atoms with Crippen LogP contribution >= 0.6 is 15.9 Å². The first-order valence-electron chi connectivity index (χ1n) is 7.90. The van der Waals surface area contributed by atoms with Gasteiger partial charge in [0, 0.05) is 15.2 Å². The normalized spacial score (nSPS) is 11.5. The molecular formula is C22H13BrO. The van der Waals surface area contributed by atoms with Gasteiger partial charge in [-0.25, -0.2) is 0 Å². The zero-order valence-electron chi connectivity index (χ0n) is 12.8. The molecule has 5 rings (SSSR count). The first-order valence-corrected chi connectivity index (χ1v) is 8.69. The Morgan fingerprint density at radius 3 is 2.17 bits per heavy atom. The summed E-state index contributed by atoms with van der Waals surface area (Å²) in [6.45, 7) is 0. The van der Waals surface area contributed by atoms with Crippen molar-refractivity contribution in [3.05, 3.63) is 83.3 Å². The summed E-state index contributed by atoms with van der Waals surface area (Å²) in [4.78, 5) is 0. The van der Waals surface area contributed by atoms with Gasteiger partial charge in [-0.2, -0.15) is 0 Å². The number of rotatable bonds is 1. The summed E-state index contributed by atoms with van der Waals surface area (Å²) in [5.41, 5.74) is 4.31. The van der Waals surface area contributed by atoms with Crippen LogP contribution < -0.4 is 0 Å². The third-order valence-electron chi connectivity index (χ3n) is 4.56. The van der Waals surface area contributed by atoms with Crippen LogP contribution in [0.3, 0.4) is 0 Å². The average molecular weight is 373 g/mol. The number of benzene rings is 4. The number of hydrogen-bond acceptors (Lipinski definition) is 1. The summed E-state index contributed by atoms with van der Waals surface area (Å²) in [6, 6.07) is 27.4. The fourth-order valence-corrected chi connectivity index (χ4v) is 3.89. The molecule has 0 radical (unpaired) electrons. The van der Waals surface area contributed by atoms with E-state index in [9.17, 15) is 0 Å². The molecule has 1 heterocycles. The van der Waals surface area contributed by atoms with E-state index >= 15 is 0 Å². The highest BCUT2D eigenvalue weighted by atomic mass is 79.9. The largest absolute Gasteiger partial charge is 0.456 e. The van der Waals surface area contributed by atoms with Crippen LogP contribution in [0.4, 0.5) is 0 Å². The minimum absolute atomic E-state index is 0.932. The Morgan fingerprint density at radius 1 is 0.583 bits per heavy atom. The molecule has 0 fully saturated rings. The Balaban J connectivity index is 1.84. The second kappa shape index (κ2) is 5.22. The topological polar surface area (TPSA) is 13.1 Å². The van der Waals surface area contributed by atoms with Gasteiger partial charge >= 0.3 is 0 Å². The lowest BCUT2D eigenvalue weighted by molar-refractivity contribution is 0.669. The van der Waals surface area contributed by atoms with Crippen LogP contribution in [-0.2, 0) is 0 Å². The lowest BCUT2D eigenvalue weighted by Gasteiger charge is -2.08. The van der Waals surface area contributed by atoms with Crippen molar-refractivity contribution >= 4 is 48.6 Å². The van der Waals surface area contributed by atoms with Gasteiger partial charge in [-0.1, -0.05) is 70.5 Å². The predicted molar refractivity (Wildman–Crippen MR) is 104 cm³/mol. The summed E-state index contributed by atoms with van der Waals surface area (Å²) in [5.74, 6) is 0. The van der Waals surface area contributed by atoms with E-state index in [4.69, 9.17) is 4.42 Å². The van der Waals surface area contributed by atoms with Crippen LogP contribution in [0.1, 0.15) is 0 Å². The van der Waals surface area contributed by atoms with Crippen molar-refractivity contribution in [1.29, 1.82) is 0 Å². The molecule has 0 aliphatic rings. The Hall–Kier alpha value is -2.58. The summed E-state index contributed by atoms with van der Waals surface area (Å²) >= 11 is 3.65. The van der Waals surface area contributed by atoms with Gasteiger partial charge in [0.05, 0.1) is 0 Å². The van der Waals surface area contributed by atoms with Gasteiger partial charge in [0.1, 0.15) is 11.2 Å². The molecule has 4 aromatic carbocycles. The minimum Gasteiger partial charge on any atom is -0.456 e. The monoisotopic (exact) mass is 372 g/mol. The maximum Gasteiger partial charge on any atom is 0.135 e. The molecule has 0 saturated heterocycles. The van der Waals surface area contributed by atoms with Crippen molar-refractivity contribution in [2.45, 2.75) is 0 Å². The lowest BCUT2D eigenvalue weighted by atomic mass is 9.97. The van der Waals surface area contributed by atoms with E-state index in [0.717, 1.165) is 26.4 Å². The molecule has 2 heteroatoms. The Labute approximate surface area is 147 Å². The van der Waals surface area contributed by atoms with Crippen molar-refractivity contribution in [2.24, 2.45) is 0 Å². The summed E-state index contributed by atoms with van der Waals surface area (Å²) < 4.78 is 7.06. The molecule has 1 nitrogen and oxygen atoms in total. The SMILES string of the molecule is Brc1ccc(-c2ccc3oc4ccccc4c3c2)c2ccccc12. The number of hydrogen-bond donors (Lipinski definition) is 0. The van der Waals surface area contributed by atoms with E-state index in [0.29, 0.717) is 0 Å². The summed E-state index contributed by atoms with van der Waals surface area (Å²) in [5, 5.41) is 4.80. The first kappa shape index (κ1) is 13.8. The number of halogens is 1. The molecular weight excluding hydrogens is 360 g/mol. The van der Waals surface area contributed by atoms with Crippen molar-refractivity contribution < 1.29 is 4.42 Å². The predicted octanol–water partition coefficient (Wildman–Crippen LogP) is 7.17. The van der Waals surface area contributed by atoms with Gasteiger partial charge < -0.3 is 4.42 Å². The molecule has 0 saturated carbocycles. The molecule has 1 aromatic heterocycles. The van der Waals surface area contributed by atoms with E-state index in [1.807, 2.05) is 12.1 Å². The van der Waals surface area contributed by atoms with E-state index < -0.39 is 0 Å². The second-order valence-corrected chi connectivity index (χ2v) is 6.80. The Kier molecular flexibility index (Phi) is 3.00. The zero-order valence-corrected chi connectivity index (χ0v) is 14.4. The van der Waals surface area contributed by atoms with Gasteiger partial charge in [-0.3, -0.25) is 0 Å². The van der Waals surface area contributed by atoms with Crippen LogP contribution in [0.2, 0.25) is 0 Å². The van der Waals surface area contributed by atoms with Gasteiger partial charge in [-0.05, 0) is 46.2 Å². The highest BCUT2D eigenvalue weighted by Gasteiger charge is 2.10. The van der Waals surface area contributed by atoms with Crippen LogP contribution in [0.5, 0.6) is 0 Å². The smallest absolute Gasteiger partial charge is 0.135 e. The third-order valence-corrected chi connectivity index (χ3v) is 5.25. The van der Waals surface area contributed by atoms with Crippen LogP contribution in [0.15, 0.2) is 87.8 Å². The van der Waals surface area contributed by atoms with Crippen molar-refractivity contribution in [3.63, 3.8) is 0 Å². The van der Waals surface area contributed by atoms with E-state index in [1.54, 1.807) is 0 Å². The van der Waals surface area contributed by atoms with Crippen LogP contribution in [0.25, 0.3) is 43.8 Å². The quantitative estimate of drug-likeness (QED) is 0.304. The van der Waals surface area contributed by atoms with Crippen molar-refractivity contribution in [2.75, 3.05) is 0 Å². The molecule has 0 amide bonds. The minimum atomic E-state index is 0.932. The molecule has 0 bridgehead atoms. The van der Waals surface area contributed by atoms with Crippen molar-refractivity contribution in [1.82, 2.24) is 0 Å². The molecule has 0 atom stereocenters. The number of fused-ring (bicyclic) bond motifs is 4. The number of para-hydroxylation sites is 1. The van der Waals surface area contributed by atoms with E-state index in [-0.39, 0.29) is 0 Å². The molecule has 24 heavy (non-hydrogen) atoms. The Bertz CT molecular complexity index is 1220. The fraction of sp³-hybridized carbons (Fsp3) is 0.